The average molecular weight is 371 g/mol. The third-order valence-electron chi connectivity index (χ3n) is 3.47. The lowest BCUT2D eigenvalue weighted by Gasteiger charge is -2.08. The molecule has 0 saturated heterocycles. The number of nitrogens with zero attached hydrogens (tertiary/aromatic N) is 3. The second-order valence-corrected chi connectivity index (χ2v) is 5.87. The van der Waals surface area contributed by atoms with Gasteiger partial charge in [-0.05, 0) is 35.9 Å². The van der Waals surface area contributed by atoms with E-state index in [4.69, 9.17) is 16.3 Å². The van der Waals surface area contributed by atoms with Gasteiger partial charge in [0.05, 0.1) is 6.20 Å². The van der Waals surface area contributed by atoms with Crippen LogP contribution in [0.4, 0.5) is 5.82 Å². The third kappa shape index (κ3) is 4.46. The molecule has 0 atom stereocenters. The Bertz CT molecular complexity index is 986. The molecule has 3 rings (SSSR count). The fraction of sp³-hybridized carbons (Fsp3) is 0.111. The van der Waals surface area contributed by atoms with E-state index >= 15 is 0 Å². The van der Waals surface area contributed by atoms with Crippen LogP contribution in [0.3, 0.4) is 0 Å². The molecule has 7 nitrogen and oxygen atoms in total. The van der Waals surface area contributed by atoms with Crippen molar-refractivity contribution in [1.29, 1.82) is 0 Å². The van der Waals surface area contributed by atoms with Gasteiger partial charge >= 0.3 is 0 Å². The van der Waals surface area contributed by atoms with Crippen LogP contribution in [0.5, 0.6) is 5.75 Å². The Morgan fingerprint density at radius 2 is 2.08 bits per heavy atom. The van der Waals surface area contributed by atoms with Crippen LogP contribution in [-0.4, -0.2) is 20.7 Å². The number of hydrogen-bond acceptors (Lipinski definition) is 5. The summed E-state index contributed by atoms with van der Waals surface area (Å²) in [6.07, 6.45) is 1.51. The third-order valence-corrected chi connectivity index (χ3v) is 3.70. The molecule has 0 fully saturated rings. The Morgan fingerprint density at radius 1 is 1.23 bits per heavy atom. The minimum absolute atomic E-state index is 0.121. The van der Waals surface area contributed by atoms with E-state index in [1.807, 2.05) is 18.2 Å². The summed E-state index contributed by atoms with van der Waals surface area (Å²) in [5.74, 6) is 0.449. The molecule has 2 heterocycles. The molecule has 132 valence electrons. The summed E-state index contributed by atoms with van der Waals surface area (Å²) in [6.45, 7) is 0.357. The number of benzene rings is 1. The van der Waals surface area contributed by atoms with Crippen molar-refractivity contribution >= 4 is 23.3 Å². The van der Waals surface area contributed by atoms with Crippen LogP contribution in [0.1, 0.15) is 16.1 Å². The van der Waals surface area contributed by atoms with Crippen molar-refractivity contribution in [3.8, 4) is 5.75 Å². The molecule has 0 bridgehead atoms. The average Bonchev–Trinajstić information content (AvgIpc) is 2.63. The lowest BCUT2D eigenvalue weighted by atomic mass is 10.2. The van der Waals surface area contributed by atoms with Crippen LogP contribution in [-0.2, 0) is 13.7 Å². The second kappa shape index (κ2) is 7.79. The van der Waals surface area contributed by atoms with Crippen LogP contribution in [0, 0.1) is 0 Å². The van der Waals surface area contributed by atoms with Gasteiger partial charge in [-0.25, -0.2) is 9.67 Å². The van der Waals surface area contributed by atoms with Gasteiger partial charge in [0, 0.05) is 18.1 Å². The van der Waals surface area contributed by atoms with E-state index in [1.165, 1.54) is 25.4 Å². The number of rotatable bonds is 5. The Hall–Kier alpha value is -3.19. The van der Waals surface area contributed by atoms with Gasteiger partial charge in [-0.2, -0.15) is 5.10 Å². The molecule has 0 saturated carbocycles. The number of aromatic nitrogens is 3. The van der Waals surface area contributed by atoms with Gasteiger partial charge in [-0.3, -0.25) is 9.59 Å². The first-order valence-electron chi connectivity index (χ1n) is 7.70. The summed E-state index contributed by atoms with van der Waals surface area (Å²) in [4.78, 5) is 27.6. The largest absolute Gasteiger partial charge is 0.487 e. The van der Waals surface area contributed by atoms with Gasteiger partial charge in [-0.15, -0.1) is 0 Å². The Balaban J connectivity index is 1.61. The van der Waals surface area contributed by atoms with Gasteiger partial charge < -0.3 is 10.1 Å². The minimum atomic E-state index is -0.458. The van der Waals surface area contributed by atoms with Crippen molar-refractivity contribution in [2.75, 3.05) is 5.32 Å². The standard InChI is InChI=1S/C18H15ClN4O3/c1-23-17(24)8-6-15(22-23)18(25)21-16-7-5-14(10-20-16)26-11-12-3-2-4-13(19)9-12/h2-10H,11H2,1H3,(H,20,21,25). The predicted octanol–water partition coefficient (Wildman–Crippen LogP) is 2.66. The number of halogens is 1. The molecule has 1 aromatic carbocycles. The molecule has 0 unspecified atom stereocenters. The maximum Gasteiger partial charge on any atom is 0.277 e. The van der Waals surface area contributed by atoms with E-state index in [-0.39, 0.29) is 11.3 Å². The minimum Gasteiger partial charge on any atom is -0.487 e. The number of amides is 1. The summed E-state index contributed by atoms with van der Waals surface area (Å²) in [7, 11) is 1.48. The van der Waals surface area contributed by atoms with Crippen LogP contribution in [0.15, 0.2) is 59.5 Å². The number of ether oxygens (including phenoxy) is 1. The Labute approximate surface area is 154 Å². The summed E-state index contributed by atoms with van der Waals surface area (Å²) < 4.78 is 6.73. The second-order valence-electron chi connectivity index (χ2n) is 5.43. The van der Waals surface area contributed by atoms with Gasteiger partial charge in [-0.1, -0.05) is 23.7 Å². The molecular weight excluding hydrogens is 356 g/mol. The molecule has 8 heteroatoms. The fourth-order valence-corrected chi connectivity index (χ4v) is 2.35. The van der Waals surface area contributed by atoms with Gasteiger partial charge in [0.25, 0.3) is 11.5 Å². The zero-order chi connectivity index (χ0) is 18.5. The fourth-order valence-electron chi connectivity index (χ4n) is 2.14. The highest BCUT2D eigenvalue weighted by molar-refractivity contribution is 6.30. The Kier molecular flexibility index (Phi) is 5.28. The molecule has 0 aliphatic carbocycles. The molecule has 2 aromatic heterocycles. The van der Waals surface area contributed by atoms with Crippen molar-refractivity contribution in [1.82, 2.24) is 14.8 Å². The first-order valence-corrected chi connectivity index (χ1v) is 8.08. The molecule has 3 aromatic rings. The molecule has 0 aliphatic heterocycles. The number of carbonyl (C=O) groups is 1. The molecule has 1 amide bonds. The molecule has 26 heavy (non-hydrogen) atoms. The summed E-state index contributed by atoms with van der Waals surface area (Å²) in [5.41, 5.74) is 0.770. The molecule has 0 aliphatic rings. The predicted molar refractivity (Wildman–Crippen MR) is 97.5 cm³/mol. The number of anilines is 1. The molecule has 1 N–H and O–H groups in total. The lowest BCUT2D eigenvalue weighted by molar-refractivity contribution is 0.101. The van der Waals surface area contributed by atoms with E-state index < -0.39 is 5.91 Å². The van der Waals surface area contributed by atoms with E-state index in [2.05, 4.69) is 15.4 Å². The van der Waals surface area contributed by atoms with Crippen molar-refractivity contribution < 1.29 is 9.53 Å². The lowest BCUT2D eigenvalue weighted by Crippen LogP contribution is -2.23. The maximum absolute atomic E-state index is 12.1. The van der Waals surface area contributed by atoms with Crippen LogP contribution in [0.2, 0.25) is 5.02 Å². The normalized spacial score (nSPS) is 10.4. The number of carbonyl (C=O) groups excluding carboxylic acids is 1. The van der Waals surface area contributed by atoms with E-state index in [1.54, 1.807) is 18.2 Å². The summed E-state index contributed by atoms with van der Waals surface area (Å²) >= 11 is 5.93. The highest BCUT2D eigenvalue weighted by Gasteiger charge is 2.10. The zero-order valence-electron chi connectivity index (χ0n) is 13.8. The number of nitrogens with one attached hydrogen (secondary N) is 1. The van der Waals surface area contributed by atoms with E-state index in [0.29, 0.717) is 23.2 Å². The summed E-state index contributed by atoms with van der Waals surface area (Å²) in [6, 6.07) is 13.3. The van der Waals surface area contributed by atoms with E-state index in [0.717, 1.165) is 10.2 Å². The number of hydrogen-bond donors (Lipinski definition) is 1. The number of aryl methyl sites for hydroxylation is 1. The van der Waals surface area contributed by atoms with Gasteiger partial charge in [0.15, 0.2) is 0 Å². The molecule has 0 spiro atoms. The first-order chi connectivity index (χ1) is 12.5. The summed E-state index contributed by atoms with van der Waals surface area (Å²) in [5, 5.41) is 7.15. The Morgan fingerprint density at radius 3 is 2.77 bits per heavy atom. The van der Waals surface area contributed by atoms with Crippen LogP contribution >= 0.6 is 11.6 Å². The van der Waals surface area contributed by atoms with Crippen molar-refractivity contribution in [3.63, 3.8) is 0 Å². The highest BCUT2D eigenvalue weighted by Crippen LogP contribution is 2.16. The molecule has 0 radical (unpaired) electrons. The van der Waals surface area contributed by atoms with Crippen molar-refractivity contribution in [3.05, 3.63) is 81.4 Å². The quantitative estimate of drug-likeness (QED) is 0.746. The van der Waals surface area contributed by atoms with Crippen molar-refractivity contribution in [2.24, 2.45) is 7.05 Å². The molecular formula is C18H15ClN4O3. The zero-order valence-corrected chi connectivity index (χ0v) is 14.6. The van der Waals surface area contributed by atoms with Crippen LogP contribution in [0.25, 0.3) is 0 Å². The van der Waals surface area contributed by atoms with Gasteiger partial charge in [0.2, 0.25) is 0 Å². The monoisotopic (exact) mass is 370 g/mol. The van der Waals surface area contributed by atoms with E-state index in [9.17, 15) is 9.59 Å². The smallest absolute Gasteiger partial charge is 0.277 e. The maximum atomic E-state index is 12.1. The van der Waals surface area contributed by atoms with Crippen molar-refractivity contribution in [2.45, 2.75) is 6.61 Å². The topological polar surface area (TPSA) is 86.1 Å². The highest BCUT2D eigenvalue weighted by atomic mass is 35.5. The van der Waals surface area contributed by atoms with Gasteiger partial charge in [0.1, 0.15) is 23.9 Å². The SMILES string of the molecule is Cn1nc(C(=O)Nc2ccc(OCc3cccc(Cl)c3)cn2)ccc1=O. The van der Waals surface area contributed by atoms with Crippen LogP contribution < -0.4 is 15.6 Å². The first kappa shape index (κ1) is 17.6. The number of pyridine rings is 1.